The fourth-order valence-corrected chi connectivity index (χ4v) is 2.99. The van der Waals surface area contributed by atoms with E-state index in [1.165, 1.54) is 0 Å². The Labute approximate surface area is 105 Å². The van der Waals surface area contributed by atoms with Crippen LogP contribution in [0.3, 0.4) is 0 Å². The van der Waals surface area contributed by atoms with Crippen LogP contribution in [-0.2, 0) is 11.2 Å². The highest BCUT2D eigenvalue weighted by molar-refractivity contribution is 9.11. The van der Waals surface area contributed by atoms with Gasteiger partial charge in [-0.3, -0.25) is 4.79 Å². The molecule has 1 aromatic carbocycles. The predicted molar refractivity (Wildman–Crippen MR) is 67.8 cm³/mol. The van der Waals surface area contributed by atoms with E-state index in [2.05, 4.69) is 37.2 Å². The molecule has 80 valence electrons. The molecule has 1 amide bonds. The largest absolute Gasteiger partial charge is 0.397 e. The van der Waals surface area contributed by atoms with Crippen molar-refractivity contribution in [2.75, 3.05) is 11.1 Å². The Balaban J connectivity index is 2.57. The van der Waals surface area contributed by atoms with Gasteiger partial charge in [-0.15, -0.1) is 0 Å². The summed E-state index contributed by atoms with van der Waals surface area (Å²) in [6, 6.07) is 1.86. The number of hydrogen-bond acceptors (Lipinski definition) is 2. The lowest BCUT2D eigenvalue weighted by molar-refractivity contribution is -0.116. The molecule has 0 saturated carbocycles. The topological polar surface area (TPSA) is 55.1 Å². The van der Waals surface area contributed by atoms with Gasteiger partial charge in [0, 0.05) is 21.1 Å². The molecule has 0 unspecified atom stereocenters. The van der Waals surface area contributed by atoms with Crippen molar-refractivity contribution in [3.05, 3.63) is 20.6 Å². The van der Waals surface area contributed by atoms with Gasteiger partial charge in [0.15, 0.2) is 0 Å². The van der Waals surface area contributed by atoms with Crippen molar-refractivity contribution in [3.63, 3.8) is 0 Å². The highest BCUT2D eigenvalue weighted by Gasteiger charge is 2.18. The van der Waals surface area contributed by atoms with E-state index < -0.39 is 0 Å². The minimum absolute atomic E-state index is 0.0670. The second kappa shape index (κ2) is 4.14. The van der Waals surface area contributed by atoms with Gasteiger partial charge < -0.3 is 11.1 Å². The maximum absolute atomic E-state index is 11.4. The number of fused-ring (bicyclic) bond motifs is 1. The second-order valence-corrected chi connectivity index (χ2v) is 5.16. The number of amides is 1. The molecule has 3 nitrogen and oxygen atoms in total. The quantitative estimate of drug-likeness (QED) is 0.717. The number of carbonyl (C=O) groups is 1. The van der Waals surface area contributed by atoms with Crippen LogP contribution in [0.1, 0.15) is 18.4 Å². The van der Waals surface area contributed by atoms with Gasteiger partial charge in [-0.2, -0.15) is 0 Å². The van der Waals surface area contributed by atoms with Gasteiger partial charge in [-0.25, -0.2) is 0 Å². The predicted octanol–water partition coefficient (Wildman–Crippen LogP) is 3.07. The molecule has 0 atom stereocenters. The summed E-state index contributed by atoms with van der Waals surface area (Å²) in [5.74, 6) is 0.0670. The van der Waals surface area contributed by atoms with Crippen LogP contribution >= 0.6 is 31.9 Å². The molecule has 1 heterocycles. The van der Waals surface area contributed by atoms with Crippen molar-refractivity contribution in [1.29, 1.82) is 0 Å². The molecule has 0 bridgehead atoms. The summed E-state index contributed by atoms with van der Waals surface area (Å²) >= 11 is 6.83. The first kappa shape index (κ1) is 11.0. The Hall–Kier alpha value is -0.550. The molecule has 5 heteroatoms. The Morgan fingerprint density at radius 3 is 2.80 bits per heavy atom. The summed E-state index contributed by atoms with van der Waals surface area (Å²) in [7, 11) is 0. The molecule has 1 aromatic rings. The highest BCUT2D eigenvalue weighted by atomic mass is 79.9. The molecule has 0 spiro atoms. The fraction of sp³-hybridized carbons (Fsp3) is 0.300. The van der Waals surface area contributed by atoms with Gasteiger partial charge in [-0.05, 0) is 56.3 Å². The van der Waals surface area contributed by atoms with Crippen molar-refractivity contribution >= 4 is 49.1 Å². The summed E-state index contributed by atoms with van der Waals surface area (Å²) in [5.41, 5.74) is 8.51. The van der Waals surface area contributed by atoms with E-state index in [0.29, 0.717) is 12.1 Å². The minimum Gasteiger partial charge on any atom is -0.397 e. The van der Waals surface area contributed by atoms with Crippen molar-refractivity contribution in [2.45, 2.75) is 19.3 Å². The lowest BCUT2D eigenvalue weighted by Crippen LogP contribution is -2.09. The number of hydrogen-bond donors (Lipinski definition) is 2. The van der Waals surface area contributed by atoms with Gasteiger partial charge in [0.1, 0.15) is 0 Å². The SMILES string of the molecule is Nc1c(Br)cc2c(c1Br)CCCC(=O)N2. The number of nitrogens with one attached hydrogen (secondary N) is 1. The molecule has 1 aliphatic heterocycles. The highest BCUT2D eigenvalue weighted by Crippen LogP contribution is 2.38. The van der Waals surface area contributed by atoms with E-state index in [4.69, 9.17) is 5.73 Å². The molecule has 0 radical (unpaired) electrons. The van der Waals surface area contributed by atoms with E-state index in [0.717, 1.165) is 33.0 Å². The Bertz CT molecular complexity index is 432. The zero-order chi connectivity index (χ0) is 11.0. The zero-order valence-electron chi connectivity index (χ0n) is 7.94. The van der Waals surface area contributed by atoms with Crippen LogP contribution in [0, 0.1) is 0 Å². The van der Waals surface area contributed by atoms with Gasteiger partial charge >= 0.3 is 0 Å². The summed E-state index contributed by atoms with van der Waals surface area (Å²) in [6.07, 6.45) is 2.29. The second-order valence-electron chi connectivity index (χ2n) is 3.51. The van der Waals surface area contributed by atoms with E-state index in [1.807, 2.05) is 6.07 Å². The van der Waals surface area contributed by atoms with Crippen molar-refractivity contribution in [1.82, 2.24) is 0 Å². The number of nitrogens with two attached hydrogens (primary N) is 1. The maximum Gasteiger partial charge on any atom is 0.224 e. The van der Waals surface area contributed by atoms with Crippen LogP contribution in [-0.4, -0.2) is 5.91 Å². The number of halogens is 2. The molecule has 0 aromatic heterocycles. The standard InChI is InChI=1S/C10H10Br2N2O/c11-6-4-7-5(9(12)10(6)13)2-1-3-8(15)14-7/h4H,1-3,13H2,(H,14,15). The van der Waals surface area contributed by atoms with Crippen LogP contribution < -0.4 is 11.1 Å². The molecule has 1 aliphatic rings. The Kier molecular flexibility index (Phi) is 3.02. The Morgan fingerprint density at radius 1 is 1.33 bits per heavy atom. The summed E-state index contributed by atoms with van der Waals surface area (Å²) in [4.78, 5) is 11.4. The van der Waals surface area contributed by atoms with Gasteiger partial charge in [0.05, 0.1) is 5.69 Å². The Morgan fingerprint density at radius 2 is 2.07 bits per heavy atom. The third-order valence-electron chi connectivity index (χ3n) is 2.46. The normalized spacial score (nSPS) is 15.5. The number of benzene rings is 1. The first-order chi connectivity index (χ1) is 7.09. The lowest BCUT2D eigenvalue weighted by atomic mass is 10.1. The summed E-state index contributed by atoms with van der Waals surface area (Å²) < 4.78 is 1.68. The first-order valence-electron chi connectivity index (χ1n) is 4.66. The monoisotopic (exact) mass is 332 g/mol. The molecule has 0 saturated heterocycles. The van der Waals surface area contributed by atoms with E-state index >= 15 is 0 Å². The van der Waals surface area contributed by atoms with Crippen LogP contribution in [0.15, 0.2) is 15.0 Å². The van der Waals surface area contributed by atoms with Gasteiger partial charge in [0.25, 0.3) is 0 Å². The van der Waals surface area contributed by atoms with Crippen LogP contribution in [0.4, 0.5) is 11.4 Å². The van der Waals surface area contributed by atoms with Crippen molar-refractivity contribution < 1.29 is 4.79 Å². The molecule has 2 rings (SSSR count). The number of carbonyl (C=O) groups excluding carboxylic acids is 1. The third kappa shape index (κ3) is 2.03. The maximum atomic E-state index is 11.4. The number of rotatable bonds is 0. The van der Waals surface area contributed by atoms with Gasteiger partial charge in [0.2, 0.25) is 5.91 Å². The molecular weight excluding hydrogens is 324 g/mol. The van der Waals surface area contributed by atoms with Gasteiger partial charge in [-0.1, -0.05) is 0 Å². The lowest BCUT2D eigenvalue weighted by Gasteiger charge is -2.12. The number of anilines is 2. The average Bonchev–Trinajstić information content (AvgIpc) is 2.36. The minimum atomic E-state index is 0.0670. The average molecular weight is 334 g/mol. The van der Waals surface area contributed by atoms with Crippen LogP contribution in [0.5, 0.6) is 0 Å². The third-order valence-corrected chi connectivity index (χ3v) is 4.02. The smallest absolute Gasteiger partial charge is 0.224 e. The summed E-state index contributed by atoms with van der Waals surface area (Å²) in [6.45, 7) is 0. The molecule has 0 aliphatic carbocycles. The van der Waals surface area contributed by atoms with Crippen LogP contribution in [0.2, 0.25) is 0 Å². The summed E-state index contributed by atoms with van der Waals surface area (Å²) in [5, 5.41) is 2.88. The van der Waals surface area contributed by atoms with E-state index in [1.54, 1.807) is 0 Å². The van der Waals surface area contributed by atoms with E-state index in [9.17, 15) is 4.79 Å². The van der Waals surface area contributed by atoms with Crippen molar-refractivity contribution in [3.8, 4) is 0 Å². The van der Waals surface area contributed by atoms with Crippen LogP contribution in [0.25, 0.3) is 0 Å². The molecule has 0 fully saturated rings. The fourth-order valence-electron chi connectivity index (χ4n) is 1.67. The zero-order valence-corrected chi connectivity index (χ0v) is 11.1. The van der Waals surface area contributed by atoms with E-state index in [-0.39, 0.29) is 5.91 Å². The molecular formula is C10H10Br2N2O. The van der Waals surface area contributed by atoms with Crippen molar-refractivity contribution in [2.24, 2.45) is 0 Å². The molecule has 3 N–H and O–H groups in total. The molecule has 15 heavy (non-hydrogen) atoms. The first-order valence-corrected chi connectivity index (χ1v) is 6.24. The number of nitrogen functional groups attached to an aromatic ring is 1.